The van der Waals surface area contributed by atoms with Crippen LogP contribution >= 0.6 is 0 Å². The van der Waals surface area contributed by atoms with Crippen molar-refractivity contribution in [1.82, 2.24) is 9.88 Å². The van der Waals surface area contributed by atoms with E-state index in [0.29, 0.717) is 38.3 Å². The highest BCUT2D eigenvalue weighted by atomic mass is 16.5. The molecule has 0 aliphatic carbocycles. The van der Waals surface area contributed by atoms with Gasteiger partial charge in [0, 0.05) is 37.0 Å². The van der Waals surface area contributed by atoms with Gasteiger partial charge in [0.05, 0.1) is 5.69 Å². The standard InChI is InChI=1S/C29H29N3O5/c33-27(32-18-15-23(16-19-32)29(35)31-24-6-2-1-3-7-24)21-37-28(34)14-11-22-9-12-26(13-10-22)36-20-25-8-4-5-17-30-25/h1-14,17,23H,15-16,18-21H2,(H,31,35)/b14-11+. The van der Waals surface area contributed by atoms with Crippen molar-refractivity contribution in [2.75, 3.05) is 25.0 Å². The fourth-order valence-corrected chi connectivity index (χ4v) is 3.91. The maximum absolute atomic E-state index is 12.5. The molecule has 1 fully saturated rings. The average Bonchev–Trinajstić information content (AvgIpc) is 2.95. The highest BCUT2D eigenvalue weighted by molar-refractivity contribution is 5.93. The van der Waals surface area contributed by atoms with E-state index in [2.05, 4.69) is 10.3 Å². The van der Waals surface area contributed by atoms with Gasteiger partial charge in [0.1, 0.15) is 12.4 Å². The number of ether oxygens (including phenoxy) is 2. The van der Waals surface area contributed by atoms with E-state index in [1.807, 2.05) is 60.7 Å². The van der Waals surface area contributed by atoms with Crippen molar-refractivity contribution in [3.8, 4) is 5.75 Å². The van der Waals surface area contributed by atoms with Gasteiger partial charge in [-0.2, -0.15) is 0 Å². The summed E-state index contributed by atoms with van der Waals surface area (Å²) >= 11 is 0. The third kappa shape index (κ3) is 8.03. The molecule has 2 heterocycles. The number of benzene rings is 2. The molecule has 2 amide bonds. The largest absolute Gasteiger partial charge is 0.487 e. The van der Waals surface area contributed by atoms with E-state index in [0.717, 1.165) is 16.9 Å². The van der Waals surface area contributed by atoms with Crippen LogP contribution < -0.4 is 10.1 Å². The summed E-state index contributed by atoms with van der Waals surface area (Å²) in [5.74, 6) is -0.361. The van der Waals surface area contributed by atoms with E-state index in [1.165, 1.54) is 6.08 Å². The molecule has 4 rings (SSSR count). The molecule has 0 bridgehead atoms. The Morgan fingerprint density at radius 2 is 1.68 bits per heavy atom. The Kier molecular flexibility index (Phi) is 9.02. The van der Waals surface area contributed by atoms with E-state index in [1.54, 1.807) is 29.3 Å². The third-order valence-electron chi connectivity index (χ3n) is 6.00. The van der Waals surface area contributed by atoms with Crippen LogP contribution in [0.5, 0.6) is 5.75 Å². The lowest BCUT2D eigenvalue weighted by atomic mass is 9.95. The summed E-state index contributed by atoms with van der Waals surface area (Å²) in [4.78, 5) is 42.8. The molecule has 2 aromatic carbocycles. The number of carbonyl (C=O) groups is 3. The fraction of sp³-hybridized carbons (Fsp3) is 0.241. The van der Waals surface area contributed by atoms with Gasteiger partial charge < -0.3 is 19.7 Å². The molecule has 190 valence electrons. The summed E-state index contributed by atoms with van der Waals surface area (Å²) < 4.78 is 10.8. The number of rotatable bonds is 9. The Bertz CT molecular complexity index is 1210. The molecular weight excluding hydrogens is 470 g/mol. The minimum Gasteiger partial charge on any atom is -0.487 e. The van der Waals surface area contributed by atoms with E-state index < -0.39 is 5.97 Å². The first kappa shape index (κ1) is 25.6. The minimum absolute atomic E-state index is 0.0392. The molecule has 8 nitrogen and oxygen atoms in total. The van der Waals surface area contributed by atoms with Crippen molar-refractivity contribution >= 4 is 29.5 Å². The highest BCUT2D eigenvalue weighted by Gasteiger charge is 2.27. The second-order valence-electron chi connectivity index (χ2n) is 8.63. The zero-order chi connectivity index (χ0) is 25.9. The molecule has 3 aromatic rings. The SMILES string of the molecule is O=C(/C=C/c1ccc(OCc2ccccn2)cc1)OCC(=O)N1CCC(C(=O)Nc2ccccc2)CC1. The van der Waals surface area contributed by atoms with E-state index in [4.69, 9.17) is 9.47 Å². The summed E-state index contributed by atoms with van der Waals surface area (Å²) in [7, 11) is 0. The number of nitrogens with one attached hydrogen (secondary N) is 1. The molecule has 1 aliphatic heterocycles. The molecule has 0 saturated carbocycles. The van der Waals surface area contributed by atoms with Crippen LogP contribution in [0.2, 0.25) is 0 Å². The predicted molar refractivity (Wildman–Crippen MR) is 139 cm³/mol. The maximum Gasteiger partial charge on any atom is 0.331 e. The normalized spacial score (nSPS) is 13.8. The zero-order valence-corrected chi connectivity index (χ0v) is 20.4. The first-order valence-corrected chi connectivity index (χ1v) is 12.2. The summed E-state index contributed by atoms with van der Waals surface area (Å²) in [6, 6.07) is 22.2. The number of esters is 1. The Labute approximate surface area is 215 Å². The van der Waals surface area contributed by atoms with E-state index in [-0.39, 0.29) is 24.3 Å². The number of hydrogen-bond donors (Lipinski definition) is 1. The number of amides is 2. The molecule has 0 atom stereocenters. The summed E-state index contributed by atoms with van der Waals surface area (Å²) in [5, 5.41) is 2.91. The van der Waals surface area contributed by atoms with Crippen molar-refractivity contribution in [3.05, 3.63) is 96.3 Å². The van der Waals surface area contributed by atoms with E-state index >= 15 is 0 Å². The second-order valence-corrected chi connectivity index (χ2v) is 8.63. The first-order chi connectivity index (χ1) is 18.1. The summed E-state index contributed by atoms with van der Waals surface area (Å²) in [6.45, 7) is 0.945. The Morgan fingerprint density at radius 3 is 2.38 bits per heavy atom. The van der Waals surface area contributed by atoms with Crippen LogP contribution in [0.4, 0.5) is 5.69 Å². The molecule has 1 saturated heterocycles. The second kappa shape index (κ2) is 13.0. The molecule has 0 radical (unpaired) electrons. The monoisotopic (exact) mass is 499 g/mol. The predicted octanol–water partition coefficient (Wildman–Crippen LogP) is 4.09. The van der Waals surface area contributed by atoms with Crippen LogP contribution in [0.25, 0.3) is 6.08 Å². The van der Waals surface area contributed by atoms with Crippen LogP contribution in [0, 0.1) is 5.92 Å². The Morgan fingerprint density at radius 1 is 0.946 bits per heavy atom. The van der Waals surface area contributed by atoms with Crippen molar-refractivity contribution in [3.63, 3.8) is 0 Å². The third-order valence-corrected chi connectivity index (χ3v) is 6.00. The van der Waals surface area contributed by atoms with Crippen molar-refractivity contribution < 1.29 is 23.9 Å². The van der Waals surface area contributed by atoms with Gasteiger partial charge in [-0.3, -0.25) is 14.6 Å². The quantitative estimate of drug-likeness (QED) is 0.352. The molecule has 37 heavy (non-hydrogen) atoms. The lowest BCUT2D eigenvalue weighted by Crippen LogP contribution is -2.43. The van der Waals surface area contributed by atoms with Gasteiger partial charge in [-0.05, 0) is 60.9 Å². The minimum atomic E-state index is -0.596. The Hall–Kier alpha value is -4.46. The van der Waals surface area contributed by atoms with Crippen molar-refractivity contribution in [2.45, 2.75) is 19.4 Å². The number of aromatic nitrogens is 1. The summed E-state index contributed by atoms with van der Waals surface area (Å²) in [5.41, 5.74) is 2.39. The number of likely N-dealkylation sites (tertiary alicyclic amines) is 1. The van der Waals surface area contributed by atoms with Crippen LogP contribution in [-0.4, -0.2) is 47.4 Å². The molecule has 1 aliphatic rings. The molecule has 1 N–H and O–H groups in total. The van der Waals surface area contributed by atoms with Gasteiger partial charge in [0.25, 0.3) is 5.91 Å². The summed E-state index contributed by atoms with van der Waals surface area (Å²) in [6.07, 6.45) is 5.76. The van der Waals surface area contributed by atoms with Gasteiger partial charge in [0.2, 0.25) is 5.91 Å². The topological polar surface area (TPSA) is 97.8 Å². The molecule has 0 unspecified atom stereocenters. The fourth-order valence-electron chi connectivity index (χ4n) is 3.91. The molecule has 1 aromatic heterocycles. The molecule has 8 heteroatoms. The number of anilines is 1. The maximum atomic E-state index is 12.5. The van der Waals surface area contributed by atoms with Crippen LogP contribution in [0.3, 0.4) is 0 Å². The number of nitrogens with zero attached hydrogens (tertiary/aromatic N) is 2. The average molecular weight is 500 g/mol. The first-order valence-electron chi connectivity index (χ1n) is 12.2. The lowest BCUT2D eigenvalue weighted by molar-refractivity contribution is -0.149. The van der Waals surface area contributed by atoms with Crippen LogP contribution in [-0.2, 0) is 25.7 Å². The van der Waals surface area contributed by atoms with Gasteiger partial charge in [-0.15, -0.1) is 0 Å². The number of para-hydroxylation sites is 1. The van der Waals surface area contributed by atoms with Crippen LogP contribution in [0.15, 0.2) is 85.1 Å². The Balaban J connectivity index is 1.15. The lowest BCUT2D eigenvalue weighted by Gasteiger charge is -2.31. The number of pyridine rings is 1. The van der Waals surface area contributed by atoms with Crippen LogP contribution in [0.1, 0.15) is 24.1 Å². The van der Waals surface area contributed by atoms with Gasteiger partial charge in [-0.25, -0.2) is 4.79 Å². The molecule has 0 spiro atoms. The number of carbonyl (C=O) groups excluding carboxylic acids is 3. The van der Waals surface area contributed by atoms with Gasteiger partial charge >= 0.3 is 5.97 Å². The molecular formula is C29H29N3O5. The van der Waals surface area contributed by atoms with Crippen molar-refractivity contribution in [2.24, 2.45) is 5.92 Å². The number of piperidine rings is 1. The van der Waals surface area contributed by atoms with Gasteiger partial charge in [-0.1, -0.05) is 36.4 Å². The zero-order valence-electron chi connectivity index (χ0n) is 20.4. The number of hydrogen-bond acceptors (Lipinski definition) is 6. The highest BCUT2D eigenvalue weighted by Crippen LogP contribution is 2.20. The van der Waals surface area contributed by atoms with E-state index in [9.17, 15) is 14.4 Å². The van der Waals surface area contributed by atoms with Gasteiger partial charge in [0.15, 0.2) is 6.61 Å². The van der Waals surface area contributed by atoms with Crippen molar-refractivity contribution in [1.29, 1.82) is 0 Å². The smallest absolute Gasteiger partial charge is 0.331 e.